The van der Waals surface area contributed by atoms with Crippen molar-refractivity contribution in [3.8, 4) is 11.3 Å². The Balaban J connectivity index is 1.91. The number of carbonyl (C=O) groups is 1. The maximum absolute atomic E-state index is 13.1. The van der Waals surface area contributed by atoms with Crippen LogP contribution in [0, 0.1) is 0 Å². The number of alkyl halides is 3. The second-order valence-corrected chi connectivity index (χ2v) is 11.1. The van der Waals surface area contributed by atoms with Crippen LogP contribution in [-0.2, 0) is 29.1 Å². The van der Waals surface area contributed by atoms with E-state index >= 15 is 0 Å². The Hall–Kier alpha value is -2.20. The van der Waals surface area contributed by atoms with Crippen LogP contribution in [0.1, 0.15) is 30.5 Å². The van der Waals surface area contributed by atoms with Crippen LogP contribution in [0.4, 0.5) is 13.2 Å². The standard InChI is InChI=1S/C21H28F3N4O4P/c1-27-17(12-18(26-27)21(22,23)24)16-7-3-2-6-15(16)13-28-10-11-33(31,32)20(14-28,19(29)30)8-4-5-9-25/h2-3,6-7,12H,4-5,8-11,13-14,25H2,1H3,(H,29,30)(H,31,32). The minimum atomic E-state index is -4.58. The molecule has 8 nitrogen and oxygen atoms in total. The number of unbranched alkanes of at least 4 members (excludes halogenated alkanes) is 1. The highest BCUT2D eigenvalue weighted by Crippen LogP contribution is 2.59. The first-order valence-electron chi connectivity index (χ1n) is 10.6. The zero-order valence-corrected chi connectivity index (χ0v) is 19.1. The number of hydrogen-bond donors (Lipinski definition) is 3. The van der Waals surface area contributed by atoms with E-state index in [2.05, 4.69) is 5.10 Å². The summed E-state index contributed by atoms with van der Waals surface area (Å²) in [5.74, 6) is -1.32. The number of nitrogens with two attached hydrogens (primary N) is 1. The van der Waals surface area contributed by atoms with Crippen LogP contribution < -0.4 is 5.73 Å². The van der Waals surface area contributed by atoms with Gasteiger partial charge in [-0.15, -0.1) is 0 Å². The van der Waals surface area contributed by atoms with Gasteiger partial charge in [0.05, 0.1) is 5.69 Å². The van der Waals surface area contributed by atoms with Crippen molar-refractivity contribution >= 4 is 13.3 Å². The van der Waals surface area contributed by atoms with E-state index in [4.69, 9.17) is 5.73 Å². The van der Waals surface area contributed by atoms with E-state index in [1.807, 2.05) is 0 Å². The maximum atomic E-state index is 13.1. The smallest absolute Gasteiger partial charge is 0.435 e. The van der Waals surface area contributed by atoms with Crippen LogP contribution in [-0.4, -0.2) is 61.6 Å². The maximum Gasteiger partial charge on any atom is 0.435 e. The number of carboxylic acid groups (broad SMARTS) is 1. The second-order valence-electron chi connectivity index (χ2n) is 8.41. The van der Waals surface area contributed by atoms with E-state index in [9.17, 15) is 32.5 Å². The fourth-order valence-corrected chi connectivity index (χ4v) is 6.54. The molecule has 2 unspecified atom stereocenters. The van der Waals surface area contributed by atoms with Gasteiger partial charge in [-0.05, 0) is 31.0 Å². The van der Waals surface area contributed by atoms with Gasteiger partial charge < -0.3 is 15.7 Å². The zero-order valence-electron chi connectivity index (χ0n) is 18.3. The molecule has 0 radical (unpaired) electrons. The van der Waals surface area contributed by atoms with Crippen molar-refractivity contribution in [2.24, 2.45) is 12.8 Å². The second kappa shape index (κ2) is 9.58. The molecule has 0 spiro atoms. The van der Waals surface area contributed by atoms with Crippen LogP contribution in [0.5, 0.6) is 0 Å². The van der Waals surface area contributed by atoms with E-state index in [1.165, 1.54) is 7.05 Å². The zero-order chi connectivity index (χ0) is 24.4. The molecule has 0 amide bonds. The Morgan fingerprint density at radius 3 is 2.61 bits per heavy atom. The predicted molar refractivity (Wildman–Crippen MR) is 117 cm³/mol. The number of nitrogens with zero attached hydrogens (tertiary/aromatic N) is 3. The van der Waals surface area contributed by atoms with Crippen LogP contribution in [0.3, 0.4) is 0 Å². The third-order valence-corrected chi connectivity index (χ3v) is 8.87. The van der Waals surface area contributed by atoms with Crippen molar-refractivity contribution in [1.29, 1.82) is 0 Å². The largest absolute Gasteiger partial charge is 0.480 e. The van der Waals surface area contributed by atoms with Gasteiger partial charge in [-0.2, -0.15) is 18.3 Å². The molecule has 12 heteroatoms. The van der Waals surface area contributed by atoms with Gasteiger partial charge in [-0.1, -0.05) is 30.7 Å². The highest BCUT2D eigenvalue weighted by molar-refractivity contribution is 7.61. The minimum absolute atomic E-state index is 0.0299. The molecule has 2 atom stereocenters. The summed E-state index contributed by atoms with van der Waals surface area (Å²) in [6.45, 7) is 0.642. The Bertz CT molecular complexity index is 1060. The summed E-state index contributed by atoms with van der Waals surface area (Å²) in [4.78, 5) is 24.6. The molecular weight excluding hydrogens is 460 g/mol. The number of aromatic nitrogens is 2. The lowest BCUT2D eigenvalue weighted by Crippen LogP contribution is -2.53. The van der Waals surface area contributed by atoms with Crippen LogP contribution in [0.15, 0.2) is 30.3 Å². The van der Waals surface area contributed by atoms with E-state index in [0.29, 0.717) is 30.5 Å². The fraction of sp³-hybridized carbons (Fsp3) is 0.524. The van der Waals surface area contributed by atoms with Crippen molar-refractivity contribution < 1.29 is 32.5 Å². The number of benzene rings is 1. The molecule has 0 bridgehead atoms. The number of halogens is 3. The number of hydrogen-bond acceptors (Lipinski definition) is 5. The minimum Gasteiger partial charge on any atom is -0.480 e. The molecule has 0 saturated carbocycles. The highest BCUT2D eigenvalue weighted by atomic mass is 31.2. The quantitative estimate of drug-likeness (QED) is 0.386. The monoisotopic (exact) mass is 488 g/mol. The van der Waals surface area contributed by atoms with E-state index < -0.39 is 30.4 Å². The van der Waals surface area contributed by atoms with E-state index in [-0.39, 0.29) is 37.9 Å². The summed E-state index contributed by atoms with van der Waals surface area (Å²) >= 11 is 0. The molecular formula is C21H28F3N4O4P. The molecule has 1 aromatic carbocycles. The summed E-state index contributed by atoms with van der Waals surface area (Å²) in [5, 5.41) is 11.7. The van der Waals surface area contributed by atoms with Crippen molar-refractivity contribution in [1.82, 2.24) is 14.7 Å². The number of aliphatic carboxylic acids is 1. The molecule has 1 aliphatic rings. The van der Waals surface area contributed by atoms with E-state index in [0.717, 1.165) is 10.7 Å². The predicted octanol–water partition coefficient (Wildman–Crippen LogP) is 3.14. The van der Waals surface area contributed by atoms with Gasteiger partial charge in [0, 0.05) is 38.4 Å². The molecule has 0 aliphatic carbocycles. The molecule has 33 heavy (non-hydrogen) atoms. The summed E-state index contributed by atoms with van der Waals surface area (Å²) in [6, 6.07) is 7.85. The molecule has 4 N–H and O–H groups in total. The van der Waals surface area contributed by atoms with Gasteiger partial charge in [0.2, 0.25) is 7.37 Å². The molecule has 1 aromatic heterocycles. The van der Waals surface area contributed by atoms with Crippen LogP contribution >= 0.6 is 7.37 Å². The number of carboxylic acids is 1. The van der Waals surface area contributed by atoms with E-state index in [1.54, 1.807) is 29.2 Å². The van der Waals surface area contributed by atoms with Gasteiger partial charge in [0.25, 0.3) is 0 Å². The van der Waals surface area contributed by atoms with Gasteiger partial charge >= 0.3 is 12.1 Å². The van der Waals surface area contributed by atoms with Crippen molar-refractivity contribution in [2.75, 3.05) is 25.8 Å². The average molecular weight is 488 g/mol. The first kappa shape index (κ1) is 25.4. The Morgan fingerprint density at radius 1 is 1.30 bits per heavy atom. The summed E-state index contributed by atoms with van der Waals surface area (Å²) < 4.78 is 53.5. The summed E-state index contributed by atoms with van der Waals surface area (Å²) in [7, 11) is -2.55. The Morgan fingerprint density at radius 2 is 2.00 bits per heavy atom. The average Bonchev–Trinajstić information content (AvgIpc) is 3.12. The highest BCUT2D eigenvalue weighted by Gasteiger charge is 2.56. The third-order valence-electron chi connectivity index (χ3n) is 6.17. The molecule has 3 rings (SSSR count). The van der Waals surface area contributed by atoms with Gasteiger partial charge in [-0.25, -0.2) is 0 Å². The van der Waals surface area contributed by atoms with Crippen molar-refractivity contribution in [2.45, 2.75) is 37.1 Å². The lowest BCUT2D eigenvalue weighted by molar-refractivity contribution is -0.142. The molecule has 1 fully saturated rings. The normalized spacial score (nSPS) is 24.2. The van der Waals surface area contributed by atoms with Gasteiger partial charge in [0.15, 0.2) is 10.9 Å². The molecule has 2 aromatic rings. The van der Waals surface area contributed by atoms with Crippen molar-refractivity contribution in [3.05, 3.63) is 41.6 Å². The lowest BCUT2D eigenvalue weighted by Gasteiger charge is -2.43. The summed E-state index contributed by atoms with van der Waals surface area (Å²) in [6.07, 6.45) is -3.77. The number of aryl methyl sites for hydroxylation is 1. The van der Waals surface area contributed by atoms with Gasteiger partial charge in [-0.3, -0.25) is 18.9 Å². The topological polar surface area (TPSA) is 122 Å². The molecule has 182 valence electrons. The molecule has 2 heterocycles. The van der Waals surface area contributed by atoms with Crippen LogP contribution in [0.2, 0.25) is 0 Å². The van der Waals surface area contributed by atoms with Crippen LogP contribution in [0.25, 0.3) is 11.3 Å². The molecule has 1 aliphatic heterocycles. The Kier molecular flexibility index (Phi) is 7.38. The molecule has 1 saturated heterocycles. The first-order chi connectivity index (χ1) is 15.4. The van der Waals surface area contributed by atoms with Crippen molar-refractivity contribution in [3.63, 3.8) is 0 Å². The Labute approximate surface area is 189 Å². The first-order valence-corrected chi connectivity index (χ1v) is 12.4. The lowest BCUT2D eigenvalue weighted by atomic mass is 9.98. The SMILES string of the molecule is Cn1nc(C(F)(F)F)cc1-c1ccccc1CN1CCP(=O)(O)C(CCCCN)(C(=O)O)C1. The summed E-state index contributed by atoms with van der Waals surface area (Å²) in [5.41, 5.74) is 5.98. The number of rotatable bonds is 8. The van der Waals surface area contributed by atoms with Gasteiger partial charge in [0.1, 0.15) is 0 Å². The third kappa shape index (κ3) is 5.16. The fourth-order valence-electron chi connectivity index (χ4n) is 4.33.